The maximum atomic E-state index is 9.92. The molecule has 0 unspecified atom stereocenters. The fourth-order valence-electron chi connectivity index (χ4n) is 3.97. The van der Waals surface area contributed by atoms with E-state index in [1.165, 1.54) is 18.4 Å². The van der Waals surface area contributed by atoms with Gasteiger partial charge in [0.25, 0.3) is 0 Å². The molecule has 218 valence electrons. The molecule has 1 N–H and O–H groups in total. The van der Waals surface area contributed by atoms with Crippen LogP contribution in [0.3, 0.4) is 0 Å². The largest absolute Gasteiger partial charge is 0.493 e. The Labute approximate surface area is 249 Å². The van der Waals surface area contributed by atoms with E-state index >= 15 is 0 Å². The van der Waals surface area contributed by atoms with Crippen LogP contribution >= 0.6 is 15.9 Å². The number of aldehydes is 1. The second-order valence-corrected chi connectivity index (χ2v) is 9.46. The number of anilines is 1. The van der Waals surface area contributed by atoms with Crippen LogP contribution in [0, 0.1) is 6.92 Å². The molecule has 0 fully saturated rings. The van der Waals surface area contributed by atoms with Gasteiger partial charge in [0.15, 0.2) is 5.65 Å². The van der Waals surface area contributed by atoms with Crippen LogP contribution in [0.15, 0.2) is 71.3 Å². The van der Waals surface area contributed by atoms with Crippen LogP contribution in [0.5, 0.6) is 5.75 Å². The summed E-state index contributed by atoms with van der Waals surface area (Å²) in [5.74, 6) is 1.82. The highest BCUT2D eigenvalue weighted by atomic mass is 79.9. The van der Waals surface area contributed by atoms with E-state index in [1.807, 2.05) is 68.7 Å². The van der Waals surface area contributed by atoms with Crippen molar-refractivity contribution in [2.24, 2.45) is 0 Å². The number of hydrogen-bond donors (Lipinski definition) is 1. The van der Waals surface area contributed by atoms with Gasteiger partial charge in [0, 0.05) is 24.1 Å². The number of rotatable bonds is 11. The topological polar surface area (TPSA) is 68.5 Å². The van der Waals surface area contributed by atoms with E-state index in [-0.39, 0.29) is 0 Å². The van der Waals surface area contributed by atoms with Gasteiger partial charge in [-0.25, -0.2) is 4.98 Å². The first-order valence-electron chi connectivity index (χ1n) is 14.6. The Morgan fingerprint density at radius 1 is 0.975 bits per heavy atom. The number of aryl methyl sites for hydroxylation is 1. The Bertz CT molecular complexity index is 1220. The van der Waals surface area contributed by atoms with Gasteiger partial charge in [0.05, 0.1) is 23.0 Å². The molecule has 2 aromatic heterocycles. The average molecular weight is 612 g/mol. The maximum absolute atomic E-state index is 9.92. The van der Waals surface area contributed by atoms with Gasteiger partial charge in [-0.1, -0.05) is 96.8 Å². The average Bonchev–Trinajstić information content (AvgIpc) is 3.37. The van der Waals surface area contributed by atoms with E-state index in [0.717, 1.165) is 52.1 Å². The third kappa shape index (κ3) is 11.1. The first-order valence-corrected chi connectivity index (χ1v) is 15.3. The highest BCUT2D eigenvalue weighted by Gasteiger charge is 2.15. The summed E-state index contributed by atoms with van der Waals surface area (Å²) in [4.78, 5) is 14.8. The third-order valence-corrected chi connectivity index (χ3v) is 6.28. The summed E-state index contributed by atoms with van der Waals surface area (Å²) in [6, 6.07) is 20.4. The van der Waals surface area contributed by atoms with Gasteiger partial charge in [-0.3, -0.25) is 0 Å². The maximum Gasteiger partial charge on any atom is 0.172 e. The zero-order valence-corrected chi connectivity index (χ0v) is 26.9. The van der Waals surface area contributed by atoms with Gasteiger partial charge in [0.2, 0.25) is 0 Å². The van der Waals surface area contributed by atoms with Gasteiger partial charge < -0.3 is 14.8 Å². The predicted octanol–water partition coefficient (Wildman–Crippen LogP) is 9.55. The van der Waals surface area contributed by atoms with Crippen LogP contribution in [-0.4, -0.2) is 33.5 Å². The summed E-state index contributed by atoms with van der Waals surface area (Å²) >= 11 is 3.58. The molecule has 0 amide bonds. The van der Waals surface area contributed by atoms with Gasteiger partial charge in [-0.2, -0.15) is 9.61 Å². The molecule has 4 rings (SSSR count). The van der Waals surface area contributed by atoms with Gasteiger partial charge in [-0.15, -0.1) is 0 Å². The SMILES string of the molecule is CC.CC.CCCC(CCC)Nc1cc(-c2ccccc2C)nc2c(Br)cnn12.O=CCCOc1ccccc1. The van der Waals surface area contributed by atoms with Crippen LogP contribution in [0.25, 0.3) is 16.9 Å². The summed E-state index contributed by atoms with van der Waals surface area (Å²) in [7, 11) is 0. The monoisotopic (exact) mass is 610 g/mol. The van der Waals surface area contributed by atoms with Crippen molar-refractivity contribution in [1.82, 2.24) is 14.6 Å². The molecular weight excluding hydrogens is 564 g/mol. The molecule has 7 heteroatoms. The highest BCUT2D eigenvalue weighted by Crippen LogP contribution is 2.28. The van der Waals surface area contributed by atoms with Crippen LogP contribution in [0.2, 0.25) is 0 Å². The van der Waals surface area contributed by atoms with E-state index < -0.39 is 0 Å². The van der Waals surface area contributed by atoms with Crippen molar-refractivity contribution < 1.29 is 9.53 Å². The second kappa shape index (κ2) is 20.7. The van der Waals surface area contributed by atoms with Crippen LogP contribution in [0.1, 0.15) is 79.2 Å². The summed E-state index contributed by atoms with van der Waals surface area (Å²) in [5.41, 5.74) is 4.19. The number of benzene rings is 2. The number of nitrogens with one attached hydrogen (secondary N) is 1. The van der Waals surface area contributed by atoms with E-state index in [0.29, 0.717) is 19.1 Å². The molecule has 2 heterocycles. The minimum Gasteiger partial charge on any atom is -0.493 e. The molecule has 40 heavy (non-hydrogen) atoms. The fraction of sp³-hybridized carbons (Fsp3) is 0.424. The van der Waals surface area contributed by atoms with Crippen molar-refractivity contribution in [2.45, 2.75) is 86.6 Å². The number of halogens is 1. The van der Waals surface area contributed by atoms with Crippen LogP contribution in [0.4, 0.5) is 5.82 Å². The lowest BCUT2D eigenvalue weighted by Gasteiger charge is -2.20. The first kappa shape index (κ1) is 34.8. The summed E-state index contributed by atoms with van der Waals surface area (Å²) in [6.45, 7) is 15.1. The molecule has 0 aliphatic rings. The lowest BCUT2D eigenvalue weighted by molar-refractivity contribution is -0.108. The Kier molecular flexibility index (Phi) is 18.0. The Hall–Kier alpha value is -3.19. The van der Waals surface area contributed by atoms with Crippen molar-refractivity contribution in [2.75, 3.05) is 11.9 Å². The van der Waals surface area contributed by atoms with Crippen molar-refractivity contribution in [1.29, 1.82) is 0 Å². The number of fused-ring (bicyclic) bond motifs is 1. The molecule has 0 bridgehead atoms. The molecule has 0 saturated carbocycles. The first-order chi connectivity index (χ1) is 19.6. The molecule has 0 aliphatic carbocycles. The smallest absolute Gasteiger partial charge is 0.172 e. The Balaban J connectivity index is 0.000000446. The van der Waals surface area contributed by atoms with E-state index in [2.05, 4.69) is 77.4 Å². The Morgan fingerprint density at radius 2 is 1.60 bits per heavy atom. The predicted molar refractivity (Wildman–Crippen MR) is 173 cm³/mol. The summed E-state index contributed by atoms with van der Waals surface area (Å²) in [5, 5.41) is 8.20. The van der Waals surface area contributed by atoms with E-state index in [9.17, 15) is 4.79 Å². The van der Waals surface area contributed by atoms with Crippen molar-refractivity contribution in [3.63, 3.8) is 0 Å². The number of nitrogens with zero attached hydrogens (tertiary/aromatic N) is 3. The number of carbonyl (C=O) groups is 1. The highest BCUT2D eigenvalue weighted by molar-refractivity contribution is 9.10. The van der Waals surface area contributed by atoms with Gasteiger partial charge >= 0.3 is 0 Å². The quantitative estimate of drug-likeness (QED) is 0.135. The van der Waals surface area contributed by atoms with Crippen molar-refractivity contribution >= 4 is 33.7 Å². The molecule has 0 spiro atoms. The molecule has 6 nitrogen and oxygen atoms in total. The van der Waals surface area contributed by atoms with Gasteiger partial charge in [-0.05, 0) is 53.4 Å². The number of hydrogen-bond acceptors (Lipinski definition) is 5. The summed E-state index contributed by atoms with van der Waals surface area (Å²) < 4.78 is 8.02. The Morgan fingerprint density at radius 3 is 2.20 bits per heavy atom. The lowest BCUT2D eigenvalue weighted by atomic mass is 10.0. The second-order valence-electron chi connectivity index (χ2n) is 8.60. The molecular formula is C33H47BrN4O2. The molecule has 0 aliphatic heterocycles. The zero-order chi connectivity index (χ0) is 29.8. The molecule has 4 aromatic rings. The number of para-hydroxylation sites is 1. The number of ether oxygens (including phenoxy) is 1. The number of carbonyl (C=O) groups excluding carboxylic acids is 1. The van der Waals surface area contributed by atoms with E-state index in [1.54, 1.807) is 0 Å². The third-order valence-electron chi connectivity index (χ3n) is 5.72. The molecule has 2 aromatic carbocycles. The number of aromatic nitrogens is 3. The normalized spacial score (nSPS) is 9.93. The summed E-state index contributed by atoms with van der Waals surface area (Å²) in [6.07, 6.45) is 7.75. The molecule has 0 radical (unpaired) electrons. The minimum absolute atomic E-state index is 0.452. The molecule has 0 atom stereocenters. The van der Waals surface area contributed by atoms with E-state index in [4.69, 9.17) is 9.72 Å². The standard InChI is InChI=1S/C20H25BrN4.C9H10O2.2C2H6/c1-4-8-15(9-5-2)23-19-12-18(16-11-7-6-10-14(16)3)24-20-17(21)13-22-25(19)20;10-7-4-8-11-9-5-2-1-3-6-9;2*1-2/h6-7,10-13,15,23H,4-5,8-9H2,1-3H3;1-3,5-7H,4,8H2;2*1-2H3. The molecule has 0 saturated heterocycles. The van der Waals surface area contributed by atoms with Gasteiger partial charge in [0.1, 0.15) is 17.9 Å². The minimum atomic E-state index is 0.452. The van der Waals surface area contributed by atoms with Crippen molar-refractivity contribution in [3.8, 4) is 17.0 Å². The zero-order valence-electron chi connectivity index (χ0n) is 25.3. The van der Waals surface area contributed by atoms with Crippen LogP contribution in [-0.2, 0) is 4.79 Å². The van der Waals surface area contributed by atoms with Crippen molar-refractivity contribution in [3.05, 3.63) is 76.9 Å². The fourth-order valence-corrected chi connectivity index (χ4v) is 4.32. The van der Waals surface area contributed by atoms with Crippen LogP contribution < -0.4 is 10.1 Å². The lowest BCUT2D eigenvalue weighted by Crippen LogP contribution is -2.21.